The van der Waals surface area contributed by atoms with Crippen LogP contribution in [0.1, 0.15) is 33.3 Å². The Morgan fingerprint density at radius 2 is 2.04 bits per heavy atom. The Bertz CT molecular complexity index is 957. The lowest BCUT2D eigenvalue weighted by Gasteiger charge is -2.04. The van der Waals surface area contributed by atoms with Gasteiger partial charge >= 0.3 is 0 Å². The molecule has 0 fully saturated rings. The second-order valence-corrected chi connectivity index (χ2v) is 7.34. The first-order chi connectivity index (χ1) is 11.0. The summed E-state index contributed by atoms with van der Waals surface area (Å²) in [4.78, 5) is 32.5. The monoisotopic (exact) mass is 344 g/mol. The van der Waals surface area contributed by atoms with Crippen LogP contribution in [0.3, 0.4) is 0 Å². The van der Waals surface area contributed by atoms with Gasteiger partial charge in [0.2, 0.25) is 0 Å². The molecule has 6 heteroatoms. The van der Waals surface area contributed by atoms with E-state index in [1.807, 2.05) is 12.1 Å². The van der Waals surface area contributed by atoms with Gasteiger partial charge in [0, 0.05) is 5.75 Å². The van der Waals surface area contributed by atoms with Crippen LogP contribution in [0.15, 0.2) is 34.2 Å². The maximum Gasteiger partial charge on any atom is 0.260 e. The fourth-order valence-corrected chi connectivity index (χ4v) is 4.52. The van der Waals surface area contributed by atoms with Gasteiger partial charge in [-0.1, -0.05) is 36.0 Å². The lowest BCUT2D eigenvalue weighted by Crippen LogP contribution is -2.09. The zero-order valence-electron chi connectivity index (χ0n) is 13.1. The SMILES string of the molecule is CC(=O)c1sc2nc(SCc3ccccc3C)[nH]c(=O)c2c1C. The molecular weight excluding hydrogens is 328 g/mol. The maximum absolute atomic E-state index is 12.3. The van der Waals surface area contributed by atoms with Gasteiger partial charge in [0.15, 0.2) is 10.9 Å². The standard InChI is InChI=1S/C17H16N2O2S2/c1-9-6-4-5-7-12(9)8-22-17-18-15(21)13-10(2)14(11(3)20)23-16(13)19-17/h4-7H,8H2,1-3H3,(H,18,19,21). The first kappa shape index (κ1) is 16.0. The van der Waals surface area contributed by atoms with E-state index in [4.69, 9.17) is 0 Å². The van der Waals surface area contributed by atoms with Crippen LogP contribution in [0.2, 0.25) is 0 Å². The summed E-state index contributed by atoms with van der Waals surface area (Å²) in [7, 11) is 0. The smallest absolute Gasteiger partial charge is 0.260 e. The number of H-pyrrole nitrogens is 1. The molecule has 0 atom stereocenters. The highest BCUT2D eigenvalue weighted by molar-refractivity contribution is 7.98. The number of fused-ring (bicyclic) bond motifs is 1. The molecule has 23 heavy (non-hydrogen) atoms. The minimum Gasteiger partial charge on any atom is -0.301 e. The zero-order chi connectivity index (χ0) is 16.6. The first-order valence-corrected chi connectivity index (χ1v) is 8.99. The molecule has 3 rings (SSSR count). The van der Waals surface area contributed by atoms with Crippen LogP contribution in [0.5, 0.6) is 0 Å². The molecule has 2 heterocycles. The highest BCUT2D eigenvalue weighted by Gasteiger charge is 2.17. The van der Waals surface area contributed by atoms with E-state index in [9.17, 15) is 9.59 Å². The van der Waals surface area contributed by atoms with E-state index >= 15 is 0 Å². The van der Waals surface area contributed by atoms with E-state index in [0.717, 1.165) is 11.3 Å². The number of benzene rings is 1. The molecular formula is C17H16N2O2S2. The van der Waals surface area contributed by atoms with Crippen molar-refractivity contribution < 1.29 is 4.79 Å². The van der Waals surface area contributed by atoms with Gasteiger partial charge in [-0.05, 0) is 37.5 Å². The topological polar surface area (TPSA) is 62.8 Å². The lowest BCUT2D eigenvalue weighted by atomic mass is 10.1. The van der Waals surface area contributed by atoms with Crippen molar-refractivity contribution in [3.8, 4) is 0 Å². The van der Waals surface area contributed by atoms with Crippen molar-refractivity contribution in [2.45, 2.75) is 31.7 Å². The zero-order valence-corrected chi connectivity index (χ0v) is 14.7. The van der Waals surface area contributed by atoms with E-state index in [2.05, 4.69) is 29.0 Å². The number of carbonyl (C=O) groups excluding carboxylic acids is 1. The third-order valence-electron chi connectivity index (χ3n) is 3.72. The van der Waals surface area contributed by atoms with Crippen molar-refractivity contribution in [1.29, 1.82) is 0 Å². The Balaban J connectivity index is 1.95. The fourth-order valence-electron chi connectivity index (χ4n) is 2.45. The Morgan fingerprint density at radius 1 is 1.30 bits per heavy atom. The summed E-state index contributed by atoms with van der Waals surface area (Å²) in [6.07, 6.45) is 0. The minimum atomic E-state index is -0.177. The number of hydrogen-bond acceptors (Lipinski definition) is 5. The Kier molecular flexibility index (Phi) is 4.37. The predicted octanol–water partition coefficient (Wildman–Crippen LogP) is 4.10. The van der Waals surface area contributed by atoms with Crippen molar-refractivity contribution in [3.05, 3.63) is 56.2 Å². The van der Waals surface area contributed by atoms with E-state index in [-0.39, 0.29) is 11.3 Å². The molecule has 3 aromatic rings. The second-order valence-electron chi connectivity index (χ2n) is 5.38. The summed E-state index contributed by atoms with van der Waals surface area (Å²) in [5.74, 6) is 0.712. The van der Waals surface area contributed by atoms with Gasteiger partial charge in [-0.15, -0.1) is 11.3 Å². The summed E-state index contributed by atoms with van der Waals surface area (Å²) in [6, 6.07) is 8.15. The fraction of sp³-hybridized carbons (Fsp3) is 0.235. The summed E-state index contributed by atoms with van der Waals surface area (Å²) in [6.45, 7) is 5.38. The number of nitrogens with zero attached hydrogens (tertiary/aromatic N) is 1. The van der Waals surface area contributed by atoms with Gasteiger partial charge in [-0.25, -0.2) is 4.98 Å². The molecule has 0 aliphatic rings. The van der Waals surface area contributed by atoms with Crippen LogP contribution in [0.25, 0.3) is 10.2 Å². The molecule has 0 amide bonds. The summed E-state index contributed by atoms with van der Waals surface area (Å²) in [5.41, 5.74) is 2.98. The molecule has 1 N–H and O–H groups in total. The highest BCUT2D eigenvalue weighted by atomic mass is 32.2. The van der Waals surface area contributed by atoms with Gasteiger partial charge < -0.3 is 4.98 Å². The second kappa shape index (κ2) is 6.29. The molecule has 0 saturated heterocycles. The molecule has 0 saturated carbocycles. The van der Waals surface area contributed by atoms with Crippen LogP contribution in [0, 0.1) is 13.8 Å². The number of rotatable bonds is 4. The van der Waals surface area contributed by atoms with E-state index in [0.29, 0.717) is 20.3 Å². The Labute approximate surface area is 142 Å². The van der Waals surface area contributed by atoms with Crippen LogP contribution < -0.4 is 5.56 Å². The minimum absolute atomic E-state index is 0.0287. The molecule has 0 radical (unpaired) electrons. The highest BCUT2D eigenvalue weighted by Crippen LogP contribution is 2.29. The molecule has 1 aromatic carbocycles. The van der Waals surface area contributed by atoms with Crippen LogP contribution in [0.4, 0.5) is 0 Å². The van der Waals surface area contributed by atoms with Crippen LogP contribution in [-0.4, -0.2) is 15.8 Å². The number of aryl methyl sites for hydroxylation is 2. The number of aromatic nitrogens is 2. The van der Waals surface area contributed by atoms with Crippen molar-refractivity contribution >= 4 is 39.1 Å². The maximum atomic E-state index is 12.3. The number of aromatic amines is 1. The summed E-state index contributed by atoms with van der Waals surface area (Å²) in [5, 5.41) is 1.11. The number of ketones is 1. The van der Waals surface area contributed by atoms with Crippen LogP contribution >= 0.6 is 23.1 Å². The third kappa shape index (κ3) is 3.09. The average Bonchev–Trinajstić information content (AvgIpc) is 2.84. The van der Waals surface area contributed by atoms with Crippen molar-refractivity contribution in [2.75, 3.05) is 0 Å². The van der Waals surface area contributed by atoms with Crippen molar-refractivity contribution in [2.24, 2.45) is 0 Å². The van der Waals surface area contributed by atoms with Gasteiger partial charge in [-0.2, -0.15) is 0 Å². The number of thiophene rings is 1. The quantitative estimate of drug-likeness (QED) is 0.440. The Morgan fingerprint density at radius 3 is 2.74 bits per heavy atom. The molecule has 0 spiro atoms. The lowest BCUT2D eigenvalue weighted by molar-refractivity contribution is 0.102. The molecule has 0 unspecified atom stereocenters. The number of carbonyl (C=O) groups is 1. The average molecular weight is 344 g/mol. The van der Waals surface area contributed by atoms with Gasteiger partial charge in [0.25, 0.3) is 5.56 Å². The van der Waals surface area contributed by atoms with E-state index in [1.54, 1.807) is 6.92 Å². The molecule has 0 aliphatic heterocycles. The molecule has 2 aromatic heterocycles. The summed E-state index contributed by atoms with van der Waals surface area (Å²) < 4.78 is 0. The third-order valence-corrected chi connectivity index (χ3v) is 5.93. The van der Waals surface area contributed by atoms with Gasteiger partial charge in [0.1, 0.15) is 4.83 Å². The molecule has 118 valence electrons. The number of Topliss-reactive ketones (excluding diaryl/α,β-unsaturated/α-hetero) is 1. The largest absolute Gasteiger partial charge is 0.301 e. The molecule has 0 aliphatic carbocycles. The molecule has 4 nitrogen and oxygen atoms in total. The molecule has 0 bridgehead atoms. The predicted molar refractivity (Wildman–Crippen MR) is 95.7 cm³/mol. The first-order valence-electron chi connectivity index (χ1n) is 7.19. The van der Waals surface area contributed by atoms with Crippen molar-refractivity contribution in [3.63, 3.8) is 0 Å². The van der Waals surface area contributed by atoms with Gasteiger partial charge in [0.05, 0.1) is 10.3 Å². The summed E-state index contributed by atoms with van der Waals surface area (Å²) >= 11 is 2.79. The van der Waals surface area contributed by atoms with E-state index < -0.39 is 0 Å². The number of nitrogens with one attached hydrogen (secondary N) is 1. The van der Waals surface area contributed by atoms with E-state index in [1.165, 1.54) is 41.1 Å². The normalized spacial score (nSPS) is 11.1. The van der Waals surface area contributed by atoms with Gasteiger partial charge in [-0.3, -0.25) is 9.59 Å². The van der Waals surface area contributed by atoms with Crippen molar-refractivity contribution in [1.82, 2.24) is 9.97 Å². The van der Waals surface area contributed by atoms with Crippen LogP contribution in [-0.2, 0) is 5.75 Å². The number of hydrogen-bond donors (Lipinski definition) is 1. The Hall–Kier alpha value is -1.92. The number of thioether (sulfide) groups is 1.